The first kappa shape index (κ1) is 17.2. The molecule has 4 heterocycles. The van der Waals surface area contributed by atoms with E-state index < -0.39 is 0 Å². The van der Waals surface area contributed by atoms with Crippen LogP contribution in [0.2, 0.25) is 0 Å². The summed E-state index contributed by atoms with van der Waals surface area (Å²) in [6.07, 6.45) is 4.65. The molecule has 0 aromatic carbocycles. The van der Waals surface area contributed by atoms with Crippen molar-refractivity contribution in [3.8, 4) is 0 Å². The van der Waals surface area contributed by atoms with E-state index in [2.05, 4.69) is 23.1 Å². The summed E-state index contributed by atoms with van der Waals surface area (Å²) in [4.78, 5) is 19.7. The average molecular weight is 354 g/mol. The van der Waals surface area contributed by atoms with Gasteiger partial charge in [-0.25, -0.2) is 0 Å². The Labute approximate surface area is 154 Å². The third-order valence-corrected chi connectivity index (χ3v) is 5.44. The van der Waals surface area contributed by atoms with Crippen LogP contribution in [0.3, 0.4) is 0 Å². The molecule has 2 fully saturated rings. The molecule has 0 spiro atoms. The number of amides is 1. The maximum atomic E-state index is 13.2. The molecule has 6 heteroatoms. The van der Waals surface area contributed by atoms with Crippen molar-refractivity contribution < 1.29 is 9.53 Å². The number of carbonyl (C=O) groups is 1. The zero-order valence-electron chi connectivity index (χ0n) is 15.5. The summed E-state index contributed by atoms with van der Waals surface area (Å²) < 4.78 is 7.40. The predicted octanol–water partition coefficient (Wildman–Crippen LogP) is 2.88. The van der Waals surface area contributed by atoms with Crippen molar-refractivity contribution in [2.24, 2.45) is 0 Å². The van der Waals surface area contributed by atoms with Crippen LogP contribution in [0, 0.1) is 13.8 Å². The van der Waals surface area contributed by atoms with E-state index in [4.69, 9.17) is 4.74 Å². The van der Waals surface area contributed by atoms with Crippen LogP contribution >= 0.6 is 0 Å². The molecule has 1 unspecified atom stereocenters. The summed E-state index contributed by atoms with van der Waals surface area (Å²) in [5.41, 5.74) is 3.92. The van der Waals surface area contributed by atoms with E-state index in [9.17, 15) is 4.79 Å². The molecule has 0 saturated carbocycles. The Morgan fingerprint density at radius 2 is 2.00 bits per heavy atom. The van der Waals surface area contributed by atoms with E-state index in [1.165, 1.54) is 5.56 Å². The number of hydrogen-bond acceptors (Lipinski definition) is 4. The van der Waals surface area contributed by atoms with Gasteiger partial charge in [0.15, 0.2) is 0 Å². The third kappa shape index (κ3) is 3.38. The van der Waals surface area contributed by atoms with Gasteiger partial charge in [0.1, 0.15) is 5.69 Å². The normalized spacial score (nSPS) is 21.3. The van der Waals surface area contributed by atoms with Gasteiger partial charge >= 0.3 is 0 Å². The van der Waals surface area contributed by atoms with Gasteiger partial charge in [-0.2, -0.15) is 5.10 Å². The van der Waals surface area contributed by atoms with Crippen molar-refractivity contribution in [1.82, 2.24) is 19.7 Å². The number of pyridine rings is 1. The first-order valence-electron chi connectivity index (χ1n) is 9.47. The highest BCUT2D eigenvalue weighted by molar-refractivity contribution is 5.93. The number of nitrogens with zero attached hydrogens (tertiary/aromatic N) is 4. The van der Waals surface area contributed by atoms with Crippen LogP contribution < -0.4 is 0 Å². The zero-order valence-corrected chi connectivity index (χ0v) is 15.5. The van der Waals surface area contributed by atoms with Crippen LogP contribution in [-0.4, -0.2) is 51.9 Å². The van der Waals surface area contributed by atoms with E-state index in [1.807, 2.05) is 34.8 Å². The lowest BCUT2D eigenvalue weighted by Gasteiger charge is -2.25. The Balaban J connectivity index is 1.52. The Kier molecular flexibility index (Phi) is 4.76. The highest BCUT2D eigenvalue weighted by atomic mass is 16.5. The summed E-state index contributed by atoms with van der Waals surface area (Å²) in [7, 11) is 0. The van der Waals surface area contributed by atoms with Crippen LogP contribution in [-0.2, 0) is 4.74 Å². The van der Waals surface area contributed by atoms with Crippen molar-refractivity contribution in [3.05, 3.63) is 47.0 Å². The lowest BCUT2D eigenvalue weighted by atomic mass is 10.0. The number of aryl methyl sites for hydroxylation is 2. The second-order valence-electron chi connectivity index (χ2n) is 7.45. The molecule has 1 amide bonds. The molecule has 4 rings (SSSR count). The molecule has 26 heavy (non-hydrogen) atoms. The molecule has 2 aromatic rings. The minimum absolute atomic E-state index is 0.0900. The Bertz CT molecular complexity index is 795. The molecule has 2 saturated heterocycles. The zero-order chi connectivity index (χ0) is 18.1. The summed E-state index contributed by atoms with van der Waals surface area (Å²) in [5.74, 6) is 0.409. The molecule has 6 nitrogen and oxygen atoms in total. The molecule has 138 valence electrons. The van der Waals surface area contributed by atoms with Gasteiger partial charge in [-0.3, -0.25) is 14.5 Å². The predicted molar refractivity (Wildman–Crippen MR) is 98.3 cm³/mol. The fraction of sp³-hybridized carbons (Fsp3) is 0.550. The Morgan fingerprint density at radius 1 is 1.19 bits per heavy atom. The lowest BCUT2D eigenvalue weighted by molar-refractivity contribution is 0.0617. The third-order valence-electron chi connectivity index (χ3n) is 5.44. The number of ether oxygens (including phenoxy) is 1. The van der Waals surface area contributed by atoms with Crippen LogP contribution in [0.1, 0.15) is 58.7 Å². The summed E-state index contributed by atoms with van der Waals surface area (Å²) in [6, 6.07) is 6.33. The van der Waals surface area contributed by atoms with Crippen molar-refractivity contribution >= 4 is 5.91 Å². The van der Waals surface area contributed by atoms with Crippen molar-refractivity contribution in [1.29, 1.82) is 0 Å². The molecule has 0 radical (unpaired) electrons. The molecule has 2 aliphatic rings. The molecule has 1 atom stereocenters. The number of carbonyl (C=O) groups excluding carboxylic acids is 1. The second kappa shape index (κ2) is 7.19. The van der Waals surface area contributed by atoms with Crippen molar-refractivity contribution in [2.45, 2.75) is 45.1 Å². The quantitative estimate of drug-likeness (QED) is 0.850. The fourth-order valence-corrected chi connectivity index (χ4v) is 4.02. The van der Waals surface area contributed by atoms with E-state index in [1.54, 1.807) is 0 Å². The first-order valence-corrected chi connectivity index (χ1v) is 9.47. The highest BCUT2D eigenvalue weighted by Crippen LogP contribution is 2.29. The summed E-state index contributed by atoms with van der Waals surface area (Å²) >= 11 is 0. The number of likely N-dealkylation sites (tertiary alicyclic amines) is 1. The van der Waals surface area contributed by atoms with E-state index in [-0.39, 0.29) is 11.9 Å². The topological polar surface area (TPSA) is 60.2 Å². The van der Waals surface area contributed by atoms with Gasteiger partial charge in [0, 0.05) is 44.1 Å². The molecular weight excluding hydrogens is 328 g/mol. The number of rotatable bonds is 3. The van der Waals surface area contributed by atoms with Gasteiger partial charge in [-0.05, 0) is 56.9 Å². The standard InChI is InChI=1S/C20H26N4O2/c1-14-3-7-21-18(11-14)16-4-8-23(13-16)20(25)19-12-15(2)22-24(19)17-5-9-26-10-6-17/h3,7,11-12,16-17H,4-6,8-10,13H2,1-2H3. The summed E-state index contributed by atoms with van der Waals surface area (Å²) in [5, 5.41) is 4.62. The number of hydrogen-bond donors (Lipinski definition) is 0. The lowest BCUT2D eigenvalue weighted by Crippen LogP contribution is -2.32. The van der Waals surface area contributed by atoms with E-state index in [0.29, 0.717) is 11.6 Å². The SMILES string of the molecule is Cc1ccnc(C2CCN(C(=O)c3cc(C)nn3C3CCOCC3)C2)c1. The van der Waals surface area contributed by atoms with Gasteiger partial charge in [-0.1, -0.05) is 0 Å². The number of aromatic nitrogens is 3. The average Bonchev–Trinajstić information content (AvgIpc) is 3.29. The molecule has 0 aliphatic carbocycles. The van der Waals surface area contributed by atoms with Crippen LogP contribution in [0.5, 0.6) is 0 Å². The maximum Gasteiger partial charge on any atom is 0.272 e. The molecule has 2 aromatic heterocycles. The Hall–Kier alpha value is -2.21. The Morgan fingerprint density at radius 3 is 2.77 bits per heavy atom. The molecule has 0 bridgehead atoms. The van der Waals surface area contributed by atoms with E-state index in [0.717, 1.165) is 57.0 Å². The smallest absolute Gasteiger partial charge is 0.272 e. The van der Waals surface area contributed by atoms with Gasteiger partial charge in [0.2, 0.25) is 0 Å². The maximum absolute atomic E-state index is 13.2. The van der Waals surface area contributed by atoms with Gasteiger partial charge in [0.25, 0.3) is 5.91 Å². The second-order valence-corrected chi connectivity index (χ2v) is 7.45. The van der Waals surface area contributed by atoms with Crippen LogP contribution in [0.4, 0.5) is 0 Å². The van der Waals surface area contributed by atoms with E-state index >= 15 is 0 Å². The van der Waals surface area contributed by atoms with Gasteiger partial charge in [-0.15, -0.1) is 0 Å². The van der Waals surface area contributed by atoms with Crippen LogP contribution in [0.15, 0.2) is 24.4 Å². The van der Waals surface area contributed by atoms with Gasteiger partial charge < -0.3 is 9.64 Å². The summed E-state index contributed by atoms with van der Waals surface area (Å²) in [6.45, 7) is 7.02. The highest BCUT2D eigenvalue weighted by Gasteiger charge is 2.32. The minimum Gasteiger partial charge on any atom is -0.381 e. The van der Waals surface area contributed by atoms with Crippen molar-refractivity contribution in [3.63, 3.8) is 0 Å². The monoisotopic (exact) mass is 354 g/mol. The molecule has 0 N–H and O–H groups in total. The van der Waals surface area contributed by atoms with Crippen LogP contribution in [0.25, 0.3) is 0 Å². The van der Waals surface area contributed by atoms with Gasteiger partial charge in [0.05, 0.1) is 11.7 Å². The van der Waals surface area contributed by atoms with Crippen molar-refractivity contribution in [2.75, 3.05) is 26.3 Å². The molecular formula is C20H26N4O2. The largest absolute Gasteiger partial charge is 0.381 e. The first-order chi connectivity index (χ1) is 12.6. The molecule has 2 aliphatic heterocycles. The fourth-order valence-electron chi connectivity index (χ4n) is 4.02. The minimum atomic E-state index is 0.0900.